The minimum absolute atomic E-state index is 0.00992. The summed E-state index contributed by atoms with van der Waals surface area (Å²) in [6, 6.07) is 7.48. The molecular formula is C19H20N2O3. The molecule has 1 aliphatic heterocycles. The molecule has 6 atom stereocenters. The molecule has 5 nitrogen and oxygen atoms in total. The standard InChI is InChI=1S/C19H20N2O3/c1-24-11-4-2-10(3-5-11)20-9-21-18(22)16-12-6-7-13(15-8-14(12)15)17(16)19(21)23/h2-7,12-17,20H,8-9H2,1H3/t12-,13-,14-,15-,16+,17+/m1/s1. The minimum Gasteiger partial charge on any atom is -0.497 e. The van der Waals surface area contributed by atoms with Crippen molar-refractivity contribution in [1.82, 2.24) is 4.90 Å². The SMILES string of the molecule is COc1ccc(NCN2C(=O)[C@H]3[C@@H]4C=C[C@H]([C@H]5C[C@H]45)[C@@H]3C2=O)cc1. The van der Waals surface area contributed by atoms with Gasteiger partial charge in [-0.1, -0.05) is 12.2 Å². The zero-order valence-electron chi connectivity index (χ0n) is 13.5. The number of amides is 2. The predicted octanol–water partition coefficient (Wildman–Crippen LogP) is 2.12. The van der Waals surface area contributed by atoms with Gasteiger partial charge in [0.2, 0.25) is 11.8 Å². The number of benzene rings is 1. The molecule has 2 amide bonds. The summed E-state index contributed by atoms with van der Waals surface area (Å²) in [5.41, 5.74) is 0.871. The zero-order chi connectivity index (χ0) is 16.4. The van der Waals surface area contributed by atoms with E-state index in [0.717, 1.165) is 11.4 Å². The highest BCUT2D eigenvalue weighted by Gasteiger charge is 2.66. The van der Waals surface area contributed by atoms with Gasteiger partial charge >= 0.3 is 0 Å². The molecule has 1 heterocycles. The molecule has 0 aromatic heterocycles. The molecule has 0 unspecified atom stereocenters. The molecule has 5 aliphatic rings. The van der Waals surface area contributed by atoms with E-state index in [2.05, 4.69) is 17.5 Å². The van der Waals surface area contributed by atoms with Crippen LogP contribution in [0.5, 0.6) is 5.75 Å². The third kappa shape index (κ3) is 1.81. The first-order valence-corrected chi connectivity index (χ1v) is 8.60. The Hall–Kier alpha value is -2.30. The van der Waals surface area contributed by atoms with Crippen LogP contribution in [0.4, 0.5) is 5.69 Å². The highest BCUT2D eigenvalue weighted by Crippen LogP contribution is 2.65. The fourth-order valence-corrected chi connectivity index (χ4v) is 5.05. The molecule has 1 aromatic rings. The van der Waals surface area contributed by atoms with E-state index in [4.69, 9.17) is 4.74 Å². The lowest BCUT2D eigenvalue weighted by atomic mass is 9.63. The van der Waals surface area contributed by atoms with Gasteiger partial charge in [0, 0.05) is 5.69 Å². The first kappa shape index (κ1) is 14.1. The number of carbonyl (C=O) groups excluding carboxylic acids is 2. The molecule has 0 spiro atoms. The van der Waals surface area contributed by atoms with E-state index in [1.165, 1.54) is 11.3 Å². The molecule has 1 N–H and O–H groups in total. The second-order valence-corrected chi connectivity index (χ2v) is 7.32. The monoisotopic (exact) mass is 324 g/mol. The first-order valence-electron chi connectivity index (χ1n) is 8.60. The Morgan fingerprint density at radius 2 is 1.62 bits per heavy atom. The van der Waals surface area contributed by atoms with Crippen LogP contribution in [0.3, 0.4) is 0 Å². The number of ether oxygens (including phenoxy) is 1. The van der Waals surface area contributed by atoms with Crippen LogP contribution in [0.1, 0.15) is 6.42 Å². The summed E-state index contributed by atoms with van der Waals surface area (Å²) in [7, 11) is 1.62. The molecule has 3 fully saturated rings. The molecule has 1 aromatic carbocycles. The summed E-state index contributed by atoms with van der Waals surface area (Å²) in [6.07, 6.45) is 5.59. The molecule has 24 heavy (non-hydrogen) atoms. The Morgan fingerprint density at radius 1 is 1.04 bits per heavy atom. The van der Waals surface area contributed by atoms with Crippen molar-refractivity contribution >= 4 is 17.5 Å². The van der Waals surface area contributed by atoms with Crippen LogP contribution in [0.25, 0.3) is 0 Å². The molecule has 2 saturated carbocycles. The Morgan fingerprint density at radius 3 is 2.17 bits per heavy atom. The van der Waals surface area contributed by atoms with Gasteiger partial charge in [0.1, 0.15) is 5.75 Å². The van der Waals surface area contributed by atoms with E-state index < -0.39 is 0 Å². The first-order chi connectivity index (χ1) is 11.7. The summed E-state index contributed by atoms with van der Waals surface area (Å²) < 4.78 is 5.14. The van der Waals surface area contributed by atoms with Crippen LogP contribution in [0, 0.1) is 35.5 Å². The lowest BCUT2D eigenvalue weighted by Crippen LogP contribution is -2.40. The van der Waals surface area contributed by atoms with Gasteiger partial charge in [-0.25, -0.2) is 0 Å². The van der Waals surface area contributed by atoms with Crippen LogP contribution in [0.2, 0.25) is 0 Å². The van der Waals surface area contributed by atoms with Crippen molar-refractivity contribution < 1.29 is 14.3 Å². The number of methoxy groups -OCH3 is 1. The number of hydrogen-bond donors (Lipinski definition) is 1. The Balaban J connectivity index is 1.33. The van der Waals surface area contributed by atoms with Gasteiger partial charge in [-0.3, -0.25) is 14.5 Å². The largest absolute Gasteiger partial charge is 0.497 e. The second kappa shape index (κ2) is 4.85. The van der Waals surface area contributed by atoms with Gasteiger partial charge in [0.05, 0.1) is 25.6 Å². The second-order valence-electron chi connectivity index (χ2n) is 7.32. The maximum Gasteiger partial charge on any atom is 0.235 e. The van der Waals surface area contributed by atoms with Crippen molar-refractivity contribution in [3.63, 3.8) is 0 Å². The Labute approximate surface area is 140 Å². The number of likely N-dealkylation sites (tertiary alicyclic amines) is 1. The number of hydrogen-bond acceptors (Lipinski definition) is 4. The summed E-state index contributed by atoms with van der Waals surface area (Å²) in [5.74, 6) is 2.43. The van der Waals surface area contributed by atoms with Crippen LogP contribution in [0.15, 0.2) is 36.4 Å². The van der Waals surface area contributed by atoms with Gasteiger partial charge in [0.15, 0.2) is 0 Å². The number of rotatable bonds is 4. The normalized spacial score (nSPS) is 38.1. The highest BCUT2D eigenvalue weighted by molar-refractivity contribution is 6.06. The molecule has 6 rings (SSSR count). The lowest BCUT2D eigenvalue weighted by Gasteiger charge is -2.37. The predicted molar refractivity (Wildman–Crippen MR) is 88.0 cm³/mol. The van der Waals surface area contributed by atoms with E-state index in [1.54, 1.807) is 7.11 Å². The topological polar surface area (TPSA) is 58.6 Å². The van der Waals surface area contributed by atoms with E-state index in [1.807, 2.05) is 24.3 Å². The van der Waals surface area contributed by atoms with Crippen LogP contribution in [-0.4, -0.2) is 30.5 Å². The van der Waals surface area contributed by atoms with Crippen LogP contribution >= 0.6 is 0 Å². The molecule has 2 bridgehead atoms. The number of anilines is 1. The summed E-state index contributed by atoms with van der Waals surface area (Å²) in [4.78, 5) is 27.1. The van der Waals surface area contributed by atoms with Crippen molar-refractivity contribution in [2.24, 2.45) is 35.5 Å². The Kier molecular flexibility index (Phi) is 2.84. The molecule has 124 valence electrons. The summed E-state index contributed by atoms with van der Waals surface area (Å²) in [6.45, 7) is 0.242. The lowest BCUT2D eigenvalue weighted by molar-refractivity contribution is -0.139. The van der Waals surface area contributed by atoms with Gasteiger partial charge in [-0.15, -0.1) is 0 Å². The molecule has 0 radical (unpaired) electrons. The maximum atomic E-state index is 12.8. The molecule has 4 aliphatic carbocycles. The number of carbonyl (C=O) groups is 2. The van der Waals surface area contributed by atoms with E-state index in [9.17, 15) is 9.59 Å². The van der Waals surface area contributed by atoms with Crippen molar-refractivity contribution in [3.05, 3.63) is 36.4 Å². The summed E-state index contributed by atoms with van der Waals surface area (Å²) >= 11 is 0. The number of imide groups is 1. The molecule has 5 heteroatoms. The number of nitrogens with one attached hydrogen (secondary N) is 1. The molecular weight excluding hydrogens is 304 g/mol. The van der Waals surface area contributed by atoms with Gasteiger partial charge in [-0.2, -0.15) is 0 Å². The average Bonchev–Trinajstić information content (AvgIpc) is 3.39. The smallest absolute Gasteiger partial charge is 0.235 e. The van der Waals surface area contributed by atoms with Crippen molar-refractivity contribution in [1.29, 1.82) is 0 Å². The fraction of sp³-hybridized carbons (Fsp3) is 0.474. The third-order valence-electron chi connectivity index (χ3n) is 6.29. The number of allylic oxidation sites excluding steroid dienone is 2. The van der Waals surface area contributed by atoms with Gasteiger partial charge in [0.25, 0.3) is 0 Å². The van der Waals surface area contributed by atoms with Crippen molar-refractivity contribution in [2.75, 3.05) is 19.1 Å². The summed E-state index contributed by atoms with van der Waals surface area (Å²) in [5, 5.41) is 3.19. The zero-order valence-corrected chi connectivity index (χ0v) is 13.5. The van der Waals surface area contributed by atoms with E-state index >= 15 is 0 Å². The van der Waals surface area contributed by atoms with Crippen molar-refractivity contribution in [2.45, 2.75) is 6.42 Å². The number of nitrogens with zero attached hydrogens (tertiary/aromatic N) is 1. The molecule has 1 saturated heterocycles. The quantitative estimate of drug-likeness (QED) is 0.681. The third-order valence-corrected chi connectivity index (χ3v) is 6.29. The van der Waals surface area contributed by atoms with Gasteiger partial charge < -0.3 is 10.1 Å². The Bertz CT molecular complexity index is 705. The van der Waals surface area contributed by atoms with E-state index in [0.29, 0.717) is 11.8 Å². The van der Waals surface area contributed by atoms with E-state index in [-0.39, 0.29) is 42.2 Å². The highest BCUT2D eigenvalue weighted by atomic mass is 16.5. The average molecular weight is 324 g/mol. The maximum absolute atomic E-state index is 12.8. The fourth-order valence-electron chi connectivity index (χ4n) is 5.05. The van der Waals surface area contributed by atoms with Gasteiger partial charge in [-0.05, 0) is 54.4 Å². The minimum atomic E-state index is -0.117. The van der Waals surface area contributed by atoms with Crippen LogP contribution < -0.4 is 10.1 Å². The van der Waals surface area contributed by atoms with Crippen LogP contribution in [-0.2, 0) is 9.59 Å². The van der Waals surface area contributed by atoms with Crippen molar-refractivity contribution in [3.8, 4) is 5.75 Å².